The van der Waals surface area contributed by atoms with Crippen LogP contribution in [0.1, 0.15) is 30.7 Å². The van der Waals surface area contributed by atoms with Crippen molar-refractivity contribution in [2.75, 3.05) is 0 Å². The fourth-order valence-electron chi connectivity index (χ4n) is 3.69. The van der Waals surface area contributed by atoms with Crippen molar-refractivity contribution in [2.45, 2.75) is 42.5 Å². The number of para-hydroxylation sites is 1. The van der Waals surface area contributed by atoms with Gasteiger partial charge in [0.05, 0.1) is 4.90 Å². The minimum atomic E-state index is -4.51. The second-order valence-corrected chi connectivity index (χ2v) is 9.26. The van der Waals surface area contributed by atoms with Gasteiger partial charge < -0.3 is 14.6 Å². The molecule has 2 aliphatic rings. The van der Waals surface area contributed by atoms with Crippen molar-refractivity contribution in [3.05, 3.63) is 52.0 Å². The second-order valence-electron chi connectivity index (χ2n) is 6.81. The zero-order valence-electron chi connectivity index (χ0n) is 14.9. The van der Waals surface area contributed by atoms with Gasteiger partial charge in [0, 0.05) is 21.5 Å². The molecule has 1 heterocycles. The number of rotatable bonds is 6. The Labute approximate surface area is 177 Å². The topological polar surface area (TPSA) is 99.1 Å². The molecular formula is C19H16Cl2O7S. The summed E-state index contributed by atoms with van der Waals surface area (Å²) in [4.78, 5) is 11.3. The van der Waals surface area contributed by atoms with E-state index in [1.54, 1.807) is 6.07 Å². The molecule has 1 saturated carbocycles. The number of fused-ring (bicyclic) bond motifs is 3. The van der Waals surface area contributed by atoms with Crippen LogP contribution in [0.25, 0.3) is 0 Å². The zero-order chi connectivity index (χ0) is 20.8. The van der Waals surface area contributed by atoms with Crippen LogP contribution in [-0.2, 0) is 19.1 Å². The van der Waals surface area contributed by atoms with Crippen molar-refractivity contribution in [2.24, 2.45) is 0 Å². The third kappa shape index (κ3) is 4.02. The number of carboxylic acid groups (broad SMARTS) is 1. The Hall–Kier alpha value is -2.00. The van der Waals surface area contributed by atoms with E-state index in [1.165, 1.54) is 12.1 Å². The molecular weight excluding hydrogens is 443 g/mol. The number of hydrogen-bond acceptors (Lipinski definition) is 6. The Morgan fingerprint density at radius 3 is 2.59 bits per heavy atom. The molecule has 10 heteroatoms. The molecule has 0 radical (unpaired) electrons. The average molecular weight is 459 g/mol. The van der Waals surface area contributed by atoms with Gasteiger partial charge in [-0.2, -0.15) is 8.42 Å². The Balaban J connectivity index is 1.60. The van der Waals surface area contributed by atoms with Gasteiger partial charge >= 0.3 is 22.4 Å². The van der Waals surface area contributed by atoms with E-state index in [9.17, 15) is 18.3 Å². The maximum Gasteiger partial charge on any atom is 0.375 e. The van der Waals surface area contributed by atoms with E-state index in [1.807, 2.05) is 6.07 Å². The van der Waals surface area contributed by atoms with E-state index in [2.05, 4.69) is 0 Å². The summed E-state index contributed by atoms with van der Waals surface area (Å²) >= 11 is 11.7. The lowest BCUT2D eigenvalue weighted by molar-refractivity contribution is -0.158. The van der Waals surface area contributed by atoms with E-state index in [0.717, 1.165) is 37.0 Å². The summed E-state index contributed by atoms with van der Waals surface area (Å²) in [6.45, 7) is 0. The van der Waals surface area contributed by atoms with Gasteiger partial charge in [0.1, 0.15) is 6.10 Å². The maximum absolute atomic E-state index is 12.5. The minimum absolute atomic E-state index is 0.0243. The molecule has 0 spiro atoms. The molecule has 0 saturated heterocycles. The van der Waals surface area contributed by atoms with E-state index < -0.39 is 22.4 Å². The van der Waals surface area contributed by atoms with E-state index in [0.29, 0.717) is 5.75 Å². The van der Waals surface area contributed by atoms with E-state index in [-0.39, 0.29) is 32.7 Å². The van der Waals surface area contributed by atoms with Gasteiger partial charge in [0.2, 0.25) is 0 Å². The van der Waals surface area contributed by atoms with Gasteiger partial charge in [-0.25, -0.2) is 8.98 Å². The fourth-order valence-corrected chi connectivity index (χ4v) is 5.35. The maximum atomic E-state index is 12.5. The highest BCUT2D eigenvalue weighted by Gasteiger charge is 2.40. The third-order valence-corrected chi connectivity index (χ3v) is 6.58. The third-order valence-electron chi connectivity index (χ3n) is 4.91. The van der Waals surface area contributed by atoms with Crippen molar-refractivity contribution in [1.82, 2.24) is 0 Å². The number of aliphatic carboxylic acids is 1. The van der Waals surface area contributed by atoms with Crippen LogP contribution in [0.3, 0.4) is 0 Å². The summed E-state index contributed by atoms with van der Waals surface area (Å²) in [5.41, 5.74) is 0.929. The Kier molecular flexibility index (Phi) is 5.37. The lowest BCUT2D eigenvalue weighted by Crippen LogP contribution is -2.32. The van der Waals surface area contributed by atoms with Gasteiger partial charge in [0.25, 0.3) is 0 Å². The summed E-state index contributed by atoms with van der Waals surface area (Å²) in [5.74, 6) is -0.837. The molecule has 1 aliphatic carbocycles. The van der Waals surface area contributed by atoms with Crippen molar-refractivity contribution in [1.29, 1.82) is 0 Å². The van der Waals surface area contributed by atoms with Gasteiger partial charge in [-0.3, -0.25) is 0 Å². The number of carboxylic acids is 1. The summed E-state index contributed by atoms with van der Waals surface area (Å²) in [7, 11) is -4.51. The van der Waals surface area contributed by atoms with Crippen LogP contribution in [0.15, 0.2) is 41.3 Å². The van der Waals surface area contributed by atoms with Crippen molar-refractivity contribution < 1.29 is 32.0 Å². The number of hydrogen-bond donors (Lipinski definition) is 1. The molecule has 3 unspecified atom stereocenters. The highest BCUT2D eigenvalue weighted by atomic mass is 35.5. The van der Waals surface area contributed by atoms with Crippen molar-refractivity contribution in [3.63, 3.8) is 0 Å². The molecule has 1 fully saturated rings. The SMILES string of the molecule is O=C(O)C(Oc1cccc2c1OC1CCCC21)OS(=O)(=O)c1cc(Cl)cc(Cl)c1. The first-order valence-electron chi connectivity index (χ1n) is 8.83. The first kappa shape index (κ1) is 20.3. The van der Waals surface area contributed by atoms with Gasteiger partial charge in [-0.15, -0.1) is 0 Å². The molecule has 4 rings (SSSR count). The predicted molar refractivity (Wildman–Crippen MR) is 104 cm³/mol. The first-order valence-corrected chi connectivity index (χ1v) is 11.0. The van der Waals surface area contributed by atoms with Crippen LogP contribution in [0.5, 0.6) is 11.5 Å². The van der Waals surface area contributed by atoms with Crippen molar-refractivity contribution in [3.8, 4) is 11.5 Å². The minimum Gasteiger partial charge on any atom is -0.486 e. The molecule has 3 atom stereocenters. The largest absolute Gasteiger partial charge is 0.486 e. The Morgan fingerprint density at radius 2 is 1.90 bits per heavy atom. The molecule has 2 aromatic rings. The fraction of sp³-hybridized carbons (Fsp3) is 0.316. The highest BCUT2D eigenvalue weighted by Crippen LogP contribution is 2.50. The number of carbonyl (C=O) groups is 1. The molecule has 1 N–H and O–H groups in total. The number of ether oxygens (including phenoxy) is 2. The first-order chi connectivity index (χ1) is 13.7. The lowest BCUT2D eigenvalue weighted by Gasteiger charge is -2.18. The zero-order valence-corrected chi connectivity index (χ0v) is 17.2. The summed E-state index contributed by atoms with van der Waals surface area (Å²) in [6.07, 6.45) is 0.844. The van der Waals surface area contributed by atoms with Gasteiger partial charge in [-0.1, -0.05) is 35.3 Å². The van der Waals surface area contributed by atoms with Crippen molar-refractivity contribution >= 4 is 39.3 Å². The average Bonchev–Trinajstić information content (AvgIpc) is 3.22. The molecule has 0 aromatic heterocycles. The summed E-state index contributed by atoms with van der Waals surface area (Å²) in [6, 6.07) is 8.68. The second kappa shape index (κ2) is 7.68. The summed E-state index contributed by atoms with van der Waals surface area (Å²) in [5, 5.41) is 9.58. The monoisotopic (exact) mass is 458 g/mol. The molecule has 2 aromatic carbocycles. The number of halogens is 2. The predicted octanol–water partition coefficient (Wildman–Crippen LogP) is 4.22. The highest BCUT2D eigenvalue weighted by molar-refractivity contribution is 7.86. The molecule has 0 bridgehead atoms. The normalized spacial score (nSPS) is 21.2. The van der Waals surface area contributed by atoms with Crippen LogP contribution in [0, 0.1) is 0 Å². The quantitative estimate of drug-likeness (QED) is 0.510. The smallest absolute Gasteiger partial charge is 0.375 e. The van der Waals surface area contributed by atoms with Crippen LogP contribution < -0.4 is 9.47 Å². The van der Waals surface area contributed by atoms with Crippen LogP contribution in [-0.4, -0.2) is 31.9 Å². The Morgan fingerprint density at radius 1 is 1.17 bits per heavy atom. The standard InChI is InChI=1S/C19H16Cl2O7S/c20-10-7-11(21)9-12(8-10)29(24,25)28-19(18(22)23)27-16-6-2-4-14-13-3-1-5-15(13)26-17(14)16/h2,4,6-9,13,15,19H,1,3,5H2,(H,22,23). The lowest BCUT2D eigenvalue weighted by atomic mass is 9.97. The molecule has 154 valence electrons. The van der Waals surface area contributed by atoms with Crippen LogP contribution in [0.2, 0.25) is 10.0 Å². The van der Waals surface area contributed by atoms with Gasteiger partial charge in [0.15, 0.2) is 11.5 Å². The molecule has 1 aliphatic heterocycles. The molecule has 29 heavy (non-hydrogen) atoms. The number of benzene rings is 2. The molecule has 0 amide bonds. The van der Waals surface area contributed by atoms with Crippen LogP contribution >= 0.6 is 23.2 Å². The van der Waals surface area contributed by atoms with Gasteiger partial charge in [-0.05, 0) is 43.5 Å². The van der Waals surface area contributed by atoms with Crippen LogP contribution in [0.4, 0.5) is 0 Å². The van der Waals surface area contributed by atoms with E-state index in [4.69, 9.17) is 36.9 Å². The Bertz CT molecular complexity index is 1050. The molecule has 7 nitrogen and oxygen atoms in total. The summed E-state index contributed by atoms with van der Waals surface area (Å²) < 4.78 is 41.2. The van der Waals surface area contributed by atoms with E-state index >= 15 is 0 Å².